The van der Waals surface area contributed by atoms with E-state index in [1.54, 1.807) is 0 Å². The SMILES string of the molecule is Cc1ccc(-c2nc(Cl)c(I)c(C3CCCC3)n2)o1. The molecule has 0 saturated heterocycles. The number of furan rings is 1. The molecule has 0 atom stereocenters. The fourth-order valence-corrected chi connectivity index (χ4v) is 3.43. The summed E-state index contributed by atoms with van der Waals surface area (Å²) < 4.78 is 6.58. The first kappa shape index (κ1) is 13.4. The Labute approximate surface area is 130 Å². The summed E-state index contributed by atoms with van der Waals surface area (Å²) in [6.07, 6.45) is 4.94. The molecule has 0 aromatic carbocycles. The normalized spacial score (nSPS) is 16.2. The van der Waals surface area contributed by atoms with E-state index < -0.39 is 0 Å². The van der Waals surface area contributed by atoms with Crippen LogP contribution in [0.15, 0.2) is 16.5 Å². The highest BCUT2D eigenvalue weighted by molar-refractivity contribution is 14.1. The molecule has 0 N–H and O–H groups in total. The number of nitrogens with zero attached hydrogens (tertiary/aromatic N) is 2. The maximum absolute atomic E-state index is 6.25. The maximum atomic E-state index is 6.25. The van der Waals surface area contributed by atoms with Gasteiger partial charge < -0.3 is 4.42 Å². The van der Waals surface area contributed by atoms with Gasteiger partial charge in [-0.1, -0.05) is 24.4 Å². The van der Waals surface area contributed by atoms with Gasteiger partial charge in [0.25, 0.3) is 0 Å². The summed E-state index contributed by atoms with van der Waals surface area (Å²) in [6.45, 7) is 1.91. The lowest BCUT2D eigenvalue weighted by Gasteiger charge is -2.12. The highest BCUT2D eigenvalue weighted by Crippen LogP contribution is 2.37. The lowest BCUT2D eigenvalue weighted by Crippen LogP contribution is -2.04. The van der Waals surface area contributed by atoms with Gasteiger partial charge in [0.05, 0.1) is 9.26 Å². The molecule has 1 fully saturated rings. The van der Waals surface area contributed by atoms with Crippen LogP contribution in [-0.2, 0) is 0 Å². The standard InChI is InChI=1S/C14H14ClIN2O/c1-8-6-7-10(19-8)14-17-12(9-4-2-3-5-9)11(16)13(15)18-14/h6-7,9H,2-5H2,1H3. The van der Waals surface area contributed by atoms with Crippen LogP contribution in [0, 0.1) is 10.5 Å². The van der Waals surface area contributed by atoms with E-state index in [1.807, 2.05) is 19.1 Å². The molecule has 3 rings (SSSR count). The first-order valence-electron chi connectivity index (χ1n) is 6.45. The van der Waals surface area contributed by atoms with Crippen molar-refractivity contribution in [2.45, 2.75) is 38.5 Å². The van der Waals surface area contributed by atoms with Crippen LogP contribution < -0.4 is 0 Å². The Morgan fingerprint density at radius 3 is 2.63 bits per heavy atom. The molecule has 1 saturated carbocycles. The number of aromatic nitrogens is 2. The van der Waals surface area contributed by atoms with Gasteiger partial charge in [-0.05, 0) is 54.5 Å². The maximum Gasteiger partial charge on any atom is 0.197 e. The molecular weight excluding hydrogens is 375 g/mol. The number of halogens is 2. The molecule has 3 nitrogen and oxygen atoms in total. The van der Waals surface area contributed by atoms with Crippen molar-refractivity contribution in [1.29, 1.82) is 0 Å². The molecule has 100 valence electrons. The molecule has 1 aliphatic rings. The van der Waals surface area contributed by atoms with Crippen molar-refractivity contribution in [2.24, 2.45) is 0 Å². The average Bonchev–Trinajstić information content (AvgIpc) is 3.03. The quantitative estimate of drug-likeness (QED) is 0.539. The van der Waals surface area contributed by atoms with Gasteiger partial charge in [-0.15, -0.1) is 0 Å². The number of hydrogen-bond donors (Lipinski definition) is 0. The molecule has 2 heterocycles. The van der Waals surface area contributed by atoms with Crippen LogP contribution in [0.1, 0.15) is 43.1 Å². The fraction of sp³-hybridized carbons (Fsp3) is 0.429. The summed E-state index contributed by atoms with van der Waals surface area (Å²) in [5.41, 5.74) is 1.09. The van der Waals surface area contributed by atoms with Crippen LogP contribution in [0.25, 0.3) is 11.6 Å². The molecular formula is C14H14ClIN2O. The van der Waals surface area contributed by atoms with Gasteiger partial charge >= 0.3 is 0 Å². The molecule has 1 aliphatic carbocycles. The van der Waals surface area contributed by atoms with Gasteiger partial charge in [-0.2, -0.15) is 0 Å². The Morgan fingerprint density at radius 2 is 2.00 bits per heavy atom. The van der Waals surface area contributed by atoms with Gasteiger partial charge in [0, 0.05) is 5.92 Å². The molecule has 0 aliphatic heterocycles. The van der Waals surface area contributed by atoms with Crippen LogP contribution in [0.3, 0.4) is 0 Å². The molecule has 2 aromatic rings. The predicted octanol–water partition coefficient (Wildman–Crippen LogP) is 4.96. The van der Waals surface area contributed by atoms with E-state index in [1.165, 1.54) is 25.7 Å². The third-order valence-electron chi connectivity index (χ3n) is 3.54. The topological polar surface area (TPSA) is 38.9 Å². The zero-order valence-corrected chi connectivity index (χ0v) is 13.5. The second-order valence-corrected chi connectivity index (χ2v) is 6.37. The highest BCUT2D eigenvalue weighted by atomic mass is 127. The Hall–Kier alpha value is -0.620. The molecule has 5 heteroatoms. The number of aryl methyl sites for hydroxylation is 1. The molecule has 0 spiro atoms. The molecule has 2 aromatic heterocycles. The van der Waals surface area contributed by atoms with Crippen LogP contribution in [0.2, 0.25) is 5.15 Å². The molecule has 0 bridgehead atoms. The van der Waals surface area contributed by atoms with E-state index in [4.69, 9.17) is 21.0 Å². The first-order chi connectivity index (χ1) is 9.15. The van der Waals surface area contributed by atoms with Crippen molar-refractivity contribution in [3.05, 3.63) is 32.3 Å². The summed E-state index contributed by atoms with van der Waals surface area (Å²) in [5, 5.41) is 0.529. The van der Waals surface area contributed by atoms with Gasteiger partial charge in [-0.3, -0.25) is 0 Å². The summed E-state index contributed by atoms with van der Waals surface area (Å²) in [4.78, 5) is 9.04. The van der Waals surface area contributed by atoms with E-state index in [2.05, 4.69) is 27.6 Å². The van der Waals surface area contributed by atoms with Crippen molar-refractivity contribution >= 4 is 34.2 Å². The fourth-order valence-electron chi connectivity index (χ4n) is 2.57. The molecule has 0 radical (unpaired) electrons. The second kappa shape index (κ2) is 5.40. The summed E-state index contributed by atoms with van der Waals surface area (Å²) in [7, 11) is 0. The second-order valence-electron chi connectivity index (χ2n) is 4.93. The molecule has 0 unspecified atom stereocenters. The molecule has 19 heavy (non-hydrogen) atoms. The number of rotatable bonds is 2. The molecule has 0 amide bonds. The van der Waals surface area contributed by atoms with Crippen molar-refractivity contribution in [3.63, 3.8) is 0 Å². The number of hydrogen-bond acceptors (Lipinski definition) is 3. The van der Waals surface area contributed by atoms with Crippen LogP contribution in [0.4, 0.5) is 0 Å². The first-order valence-corrected chi connectivity index (χ1v) is 7.90. The van der Waals surface area contributed by atoms with Gasteiger partial charge in [0.15, 0.2) is 11.6 Å². The Bertz CT molecular complexity index is 605. The Morgan fingerprint density at radius 1 is 1.26 bits per heavy atom. The van der Waals surface area contributed by atoms with E-state index in [-0.39, 0.29) is 0 Å². The van der Waals surface area contributed by atoms with Crippen LogP contribution in [-0.4, -0.2) is 9.97 Å². The van der Waals surface area contributed by atoms with Gasteiger partial charge in [0.1, 0.15) is 10.9 Å². The van der Waals surface area contributed by atoms with Crippen molar-refractivity contribution in [1.82, 2.24) is 9.97 Å². The summed E-state index contributed by atoms with van der Waals surface area (Å²) in [6, 6.07) is 3.81. The third-order valence-corrected chi connectivity index (χ3v) is 5.19. The minimum absolute atomic E-state index is 0.516. The van der Waals surface area contributed by atoms with E-state index in [9.17, 15) is 0 Å². The minimum Gasteiger partial charge on any atom is -0.458 e. The van der Waals surface area contributed by atoms with E-state index in [0.717, 1.165) is 15.0 Å². The van der Waals surface area contributed by atoms with Crippen molar-refractivity contribution in [3.8, 4) is 11.6 Å². The van der Waals surface area contributed by atoms with Crippen LogP contribution >= 0.6 is 34.2 Å². The van der Waals surface area contributed by atoms with Gasteiger partial charge in [0.2, 0.25) is 0 Å². The zero-order valence-electron chi connectivity index (χ0n) is 10.6. The Kier molecular flexibility index (Phi) is 3.80. The average molecular weight is 389 g/mol. The lowest BCUT2D eigenvalue weighted by atomic mass is 10.0. The summed E-state index contributed by atoms with van der Waals surface area (Å²) in [5.74, 6) is 2.66. The highest BCUT2D eigenvalue weighted by Gasteiger charge is 2.24. The van der Waals surface area contributed by atoms with Crippen molar-refractivity contribution in [2.75, 3.05) is 0 Å². The third kappa shape index (κ3) is 2.65. The van der Waals surface area contributed by atoms with E-state index in [0.29, 0.717) is 22.7 Å². The monoisotopic (exact) mass is 388 g/mol. The predicted molar refractivity (Wildman–Crippen MR) is 83.4 cm³/mol. The van der Waals surface area contributed by atoms with Crippen LogP contribution in [0.5, 0.6) is 0 Å². The smallest absolute Gasteiger partial charge is 0.197 e. The minimum atomic E-state index is 0.516. The Balaban J connectivity index is 2.06. The largest absolute Gasteiger partial charge is 0.458 e. The summed E-state index contributed by atoms with van der Waals surface area (Å²) >= 11 is 8.50. The lowest BCUT2D eigenvalue weighted by molar-refractivity contribution is 0.543. The van der Waals surface area contributed by atoms with Crippen molar-refractivity contribution < 1.29 is 4.42 Å². The van der Waals surface area contributed by atoms with E-state index >= 15 is 0 Å². The zero-order chi connectivity index (χ0) is 13.4. The van der Waals surface area contributed by atoms with Gasteiger partial charge in [-0.25, -0.2) is 9.97 Å².